The lowest BCUT2D eigenvalue weighted by Crippen LogP contribution is -2.31. The number of carbonyl (C=O) groups excluding carboxylic acids is 2. The SMILES string of the molecule is CCCCCCCCCCCCCC(=O)CCCC(=O)N1Cc2ccccc2C#Cc2ccccc21. The van der Waals surface area contributed by atoms with Crippen molar-refractivity contribution in [1.29, 1.82) is 0 Å². The number of amides is 1. The second-order valence-electron chi connectivity index (χ2n) is 10.1. The summed E-state index contributed by atoms with van der Waals surface area (Å²) in [5, 5.41) is 0. The van der Waals surface area contributed by atoms with E-state index in [4.69, 9.17) is 0 Å². The van der Waals surface area contributed by atoms with Crippen molar-refractivity contribution < 1.29 is 9.59 Å². The zero-order chi connectivity index (χ0) is 25.4. The van der Waals surface area contributed by atoms with Gasteiger partial charge in [0.05, 0.1) is 12.2 Å². The fourth-order valence-corrected chi connectivity index (χ4v) is 4.89. The summed E-state index contributed by atoms with van der Waals surface area (Å²) in [6.07, 6.45) is 16.3. The Balaban J connectivity index is 1.35. The minimum absolute atomic E-state index is 0.0587. The lowest BCUT2D eigenvalue weighted by Gasteiger charge is -2.26. The minimum Gasteiger partial charge on any atom is -0.307 e. The lowest BCUT2D eigenvalue weighted by atomic mass is 10.0. The molecule has 2 aromatic carbocycles. The highest BCUT2D eigenvalue weighted by Gasteiger charge is 2.21. The van der Waals surface area contributed by atoms with Crippen molar-refractivity contribution in [2.75, 3.05) is 4.90 Å². The monoisotopic (exact) mass is 485 g/mol. The van der Waals surface area contributed by atoms with Crippen molar-refractivity contribution in [3.63, 3.8) is 0 Å². The molecule has 1 aliphatic rings. The van der Waals surface area contributed by atoms with Crippen LogP contribution in [0.1, 0.15) is 120 Å². The second-order valence-corrected chi connectivity index (χ2v) is 10.1. The highest BCUT2D eigenvalue weighted by Crippen LogP contribution is 2.26. The molecule has 0 fully saturated rings. The molecular formula is C33H43NO2. The maximum absolute atomic E-state index is 13.2. The molecule has 3 heteroatoms. The standard InChI is InChI=1S/C33H43NO2/c1-2-3-4-5-6-7-8-9-10-11-12-21-31(35)22-17-24-33(36)34-27-30-20-14-13-18-28(30)25-26-29-19-15-16-23-32(29)34/h13-16,18-20,23H,2-12,17,21-22,24,27H2,1H3. The molecule has 3 rings (SSSR count). The van der Waals surface area contributed by atoms with Crippen LogP contribution < -0.4 is 4.90 Å². The summed E-state index contributed by atoms with van der Waals surface area (Å²) in [7, 11) is 0. The van der Waals surface area contributed by atoms with Crippen LogP contribution in [-0.4, -0.2) is 11.7 Å². The molecule has 0 saturated carbocycles. The van der Waals surface area contributed by atoms with E-state index in [9.17, 15) is 9.59 Å². The van der Waals surface area contributed by atoms with Crippen LogP contribution in [-0.2, 0) is 16.1 Å². The first-order valence-electron chi connectivity index (χ1n) is 14.2. The highest BCUT2D eigenvalue weighted by molar-refractivity contribution is 5.95. The van der Waals surface area contributed by atoms with Crippen LogP contribution in [0.2, 0.25) is 0 Å². The largest absolute Gasteiger partial charge is 0.307 e. The van der Waals surface area contributed by atoms with E-state index in [0.717, 1.165) is 35.2 Å². The van der Waals surface area contributed by atoms with Crippen LogP contribution in [0.3, 0.4) is 0 Å². The zero-order valence-corrected chi connectivity index (χ0v) is 22.2. The van der Waals surface area contributed by atoms with Crippen molar-refractivity contribution >= 4 is 17.4 Å². The van der Waals surface area contributed by atoms with E-state index in [1.165, 1.54) is 57.8 Å². The summed E-state index contributed by atoms with van der Waals surface area (Å²) in [4.78, 5) is 27.5. The van der Waals surface area contributed by atoms with E-state index in [0.29, 0.717) is 38.0 Å². The van der Waals surface area contributed by atoms with E-state index in [1.54, 1.807) is 0 Å². The first-order valence-corrected chi connectivity index (χ1v) is 14.2. The molecule has 0 spiro atoms. The minimum atomic E-state index is 0.0587. The van der Waals surface area contributed by atoms with Crippen LogP contribution in [0.15, 0.2) is 48.5 Å². The van der Waals surface area contributed by atoms with Gasteiger partial charge in [-0.15, -0.1) is 0 Å². The summed E-state index contributed by atoms with van der Waals surface area (Å²) >= 11 is 0. The van der Waals surface area contributed by atoms with Crippen molar-refractivity contribution in [3.8, 4) is 11.8 Å². The Labute approximate surface area is 218 Å². The number of hydrogen-bond acceptors (Lipinski definition) is 2. The van der Waals surface area contributed by atoms with Gasteiger partial charge in [-0.25, -0.2) is 0 Å². The Morgan fingerprint density at radius 2 is 1.22 bits per heavy atom. The Morgan fingerprint density at radius 1 is 0.667 bits per heavy atom. The van der Waals surface area contributed by atoms with Gasteiger partial charge in [-0.3, -0.25) is 9.59 Å². The zero-order valence-electron chi connectivity index (χ0n) is 22.2. The van der Waals surface area contributed by atoms with E-state index < -0.39 is 0 Å². The third-order valence-electron chi connectivity index (χ3n) is 7.08. The van der Waals surface area contributed by atoms with E-state index >= 15 is 0 Å². The van der Waals surface area contributed by atoms with Crippen molar-refractivity contribution in [3.05, 3.63) is 65.2 Å². The van der Waals surface area contributed by atoms with E-state index in [2.05, 4.69) is 18.8 Å². The van der Waals surface area contributed by atoms with Gasteiger partial charge in [-0.2, -0.15) is 0 Å². The summed E-state index contributed by atoms with van der Waals surface area (Å²) in [6.45, 7) is 2.77. The topological polar surface area (TPSA) is 37.4 Å². The van der Waals surface area contributed by atoms with Gasteiger partial charge < -0.3 is 4.90 Å². The first kappa shape index (κ1) is 27.7. The molecule has 1 heterocycles. The molecule has 1 amide bonds. The fourth-order valence-electron chi connectivity index (χ4n) is 4.89. The number of para-hydroxylation sites is 1. The van der Waals surface area contributed by atoms with Gasteiger partial charge in [-0.1, -0.05) is 113 Å². The van der Waals surface area contributed by atoms with Gasteiger partial charge in [0.2, 0.25) is 5.91 Å². The van der Waals surface area contributed by atoms with Crippen LogP contribution in [0.5, 0.6) is 0 Å². The number of nitrogens with zero attached hydrogens (tertiary/aromatic N) is 1. The lowest BCUT2D eigenvalue weighted by molar-refractivity contribution is -0.120. The first-order chi connectivity index (χ1) is 17.7. The van der Waals surface area contributed by atoms with Crippen molar-refractivity contribution in [1.82, 2.24) is 0 Å². The van der Waals surface area contributed by atoms with Gasteiger partial charge in [0.1, 0.15) is 5.78 Å². The number of Topliss-reactive ketones (excluding diaryl/α,β-unsaturated/α-hetero) is 1. The molecule has 0 radical (unpaired) electrons. The van der Waals surface area contributed by atoms with Crippen LogP contribution in [0.25, 0.3) is 0 Å². The maximum atomic E-state index is 13.2. The summed E-state index contributed by atoms with van der Waals surface area (Å²) < 4.78 is 0. The van der Waals surface area contributed by atoms with Gasteiger partial charge >= 0.3 is 0 Å². The van der Waals surface area contributed by atoms with Crippen molar-refractivity contribution in [2.45, 2.75) is 110 Å². The number of unbranched alkanes of at least 4 members (excludes halogenated alkanes) is 10. The van der Waals surface area contributed by atoms with Gasteiger partial charge in [0, 0.05) is 30.4 Å². The number of benzene rings is 2. The molecule has 0 atom stereocenters. The van der Waals surface area contributed by atoms with Crippen LogP contribution in [0.4, 0.5) is 5.69 Å². The molecule has 192 valence electrons. The normalized spacial score (nSPS) is 12.1. The number of carbonyl (C=O) groups is 2. The molecule has 1 aliphatic heterocycles. The predicted octanol–water partition coefficient (Wildman–Crippen LogP) is 8.37. The Morgan fingerprint density at radius 3 is 1.94 bits per heavy atom. The Bertz CT molecular complexity index is 1030. The highest BCUT2D eigenvalue weighted by atomic mass is 16.2. The second kappa shape index (κ2) is 16.0. The quantitative estimate of drug-likeness (QED) is 0.177. The van der Waals surface area contributed by atoms with E-state index in [-0.39, 0.29) is 5.91 Å². The molecule has 3 nitrogen and oxygen atoms in total. The average molecular weight is 486 g/mol. The fraction of sp³-hybridized carbons (Fsp3) is 0.515. The van der Waals surface area contributed by atoms with Gasteiger partial charge in [0.25, 0.3) is 0 Å². The molecule has 0 bridgehead atoms. The van der Waals surface area contributed by atoms with Crippen LogP contribution in [0, 0.1) is 11.8 Å². The molecule has 0 aromatic heterocycles. The number of rotatable bonds is 16. The van der Waals surface area contributed by atoms with Gasteiger partial charge in [-0.05, 0) is 36.6 Å². The number of fused-ring (bicyclic) bond motifs is 2. The molecular weight excluding hydrogens is 442 g/mol. The Kier molecular flexibility index (Phi) is 12.3. The number of ketones is 1. The third-order valence-corrected chi connectivity index (χ3v) is 7.08. The van der Waals surface area contributed by atoms with Gasteiger partial charge in [0.15, 0.2) is 0 Å². The molecule has 0 saturated heterocycles. The predicted molar refractivity (Wildman–Crippen MR) is 150 cm³/mol. The molecule has 36 heavy (non-hydrogen) atoms. The smallest absolute Gasteiger partial charge is 0.227 e. The van der Waals surface area contributed by atoms with Crippen LogP contribution >= 0.6 is 0 Å². The maximum Gasteiger partial charge on any atom is 0.227 e. The molecule has 0 unspecified atom stereocenters. The summed E-state index contributed by atoms with van der Waals surface area (Å²) in [5.41, 5.74) is 3.75. The third kappa shape index (κ3) is 9.30. The van der Waals surface area contributed by atoms with Crippen molar-refractivity contribution in [2.24, 2.45) is 0 Å². The van der Waals surface area contributed by atoms with E-state index in [1.807, 2.05) is 53.4 Å². The Hall–Kier alpha value is -2.86. The number of anilines is 1. The molecule has 2 aromatic rings. The summed E-state index contributed by atoms with van der Waals surface area (Å²) in [6, 6.07) is 15.9. The summed E-state index contributed by atoms with van der Waals surface area (Å²) in [5.74, 6) is 6.84. The number of hydrogen-bond donors (Lipinski definition) is 0. The average Bonchev–Trinajstić information content (AvgIpc) is 2.88. The molecule has 0 N–H and O–H groups in total. The molecule has 0 aliphatic carbocycles.